The SMILES string of the molecule is Cc1cc(C(=O)Nc2cccc(C(=O)NCC(F)(F)F)c2)c(C)n1Cc1ccco1. The molecule has 0 atom stereocenters. The van der Waals surface area contributed by atoms with E-state index in [1.807, 2.05) is 24.5 Å². The van der Waals surface area contributed by atoms with Gasteiger partial charge in [0.05, 0.1) is 18.4 Å². The van der Waals surface area contributed by atoms with Crippen LogP contribution in [0.3, 0.4) is 0 Å². The average Bonchev–Trinajstić information content (AvgIpc) is 3.29. The van der Waals surface area contributed by atoms with Gasteiger partial charge in [-0.3, -0.25) is 9.59 Å². The highest BCUT2D eigenvalue weighted by Crippen LogP contribution is 2.20. The molecule has 0 saturated heterocycles. The maximum atomic E-state index is 12.7. The maximum absolute atomic E-state index is 12.7. The summed E-state index contributed by atoms with van der Waals surface area (Å²) in [6, 6.07) is 11.1. The Labute approximate surface area is 170 Å². The molecule has 9 heteroatoms. The molecule has 2 N–H and O–H groups in total. The van der Waals surface area contributed by atoms with Crippen LogP contribution in [0, 0.1) is 13.8 Å². The van der Waals surface area contributed by atoms with E-state index < -0.39 is 18.6 Å². The van der Waals surface area contributed by atoms with Crippen molar-refractivity contribution in [1.82, 2.24) is 9.88 Å². The van der Waals surface area contributed by atoms with E-state index >= 15 is 0 Å². The first kappa shape index (κ1) is 21.2. The molecule has 6 nitrogen and oxygen atoms in total. The number of halogens is 3. The number of aryl methyl sites for hydroxylation is 1. The van der Waals surface area contributed by atoms with Crippen molar-refractivity contribution < 1.29 is 27.2 Å². The Kier molecular flexibility index (Phi) is 6.00. The van der Waals surface area contributed by atoms with E-state index in [1.165, 1.54) is 18.2 Å². The van der Waals surface area contributed by atoms with Crippen molar-refractivity contribution in [2.45, 2.75) is 26.6 Å². The van der Waals surface area contributed by atoms with Gasteiger partial charge in [0.1, 0.15) is 12.3 Å². The third-order valence-corrected chi connectivity index (χ3v) is 4.54. The third kappa shape index (κ3) is 5.11. The quantitative estimate of drug-likeness (QED) is 0.626. The first-order valence-electron chi connectivity index (χ1n) is 9.09. The fraction of sp³-hybridized carbons (Fsp3) is 0.238. The van der Waals surface area contributed by atoms with Crippen LogP contribution in [0.15, 0.2) is 53.1 Å². The second kappa shape index (κ2) is 8.48. The van der Waals surface area contributed by atoms with Crippen LogP contribution >= 0.6 is 0 Å². The highest BCUT2D eigenvalue weighted by molar-refractivity contribution is 6.06. The summed E-state index contributed by atoms with van der Waals surface area (Å²) in [5, 5.41) is 4.49. The number of nitrogens with one attached hydrogen (secondary N) is 2. The Bertz CT molecular complexity index is 1050. The largest absolute Gasteiger partial charge is 0.467 e. The number of amides is 2. The van der Waals surface area contributed by atoms with Crippen LogP contribution < -0.4 is 10.6 Å². The molecular formula is C21H20F3N3O3. The van der Waals surface area contributed by atoms with Gasteiger partial charge in [0.25, 0.3) is 11.8 Å². The Balaban J connectivity index is 1.73. The fourth-order valence-electron chi connectivity index (χ4n) is 3.05. The summed E-state index contributed by atoms with van der Waals surface area (Å²) in [4.78, 5) is 24.7. The zero-order valence-corrected chi connectivity index (χ0v) is 16.3. The van der Waals surface area contributed by atoms with Gasteiger partial charge < -0.3 is 19.6 Å². The van der Waals surface area contributed by atoms with Crippen molar-refractivity contribution in [3.05, 3.63) is 77.0 Å². The van der Waals surface area contributed by atoms with Crippen molar-refractivity contribution >= 4 is 17.5 Å². The number of rotatable bonds is 6. The van der Waals surface area contributed by atoms with Gasteiger partial charge in [-0.1, -0.05) is 6.07 Å². The maximum Gasteiger partial charge on any atom is 0.405 e. The molecule has 3 aromatic rings. The lowest BCUT2D eigenvalue weighted by molar-refractivity contribution is -0.123. The molecule has 0 spiro atoms. The van der Waals surface area contributed by atoms with Crippen LogP contribution in [0.5, 0.6) is 0 Å². The van der Waals surface area contributed by atoms with E-state index in [9.17, 15) is 22.8 Å². The molecule has 1 aromatic carbocycles. The number of carbonyl (C=O) groups is 2. The van der Waals surface area contributed by atoms with Gasteiger partial charge in [0.15, 0.2) is 0 Å². The predicted octanol–water partition coefficient (Wildman–Crippen LogP) is 4.29. The first-order chi connectivity index (χ1) is 14.1. The van der Waals surface area contributed by atoms with Gasteiger partial charge in [-0.05, 0) is 50.2 Å². The summed E-state index contributed by atoms with van der Waals surface area (Å²) < 4.78 is 44.1. The average molecular weight is 419 g/mol. The van der Waals surface area contributed by atoms with Gasteiger partial charge in [-0.15, -0.1) is 0 Å². The molecule has 0 aliphatic heterocycles. The number of anilines is 1. The molecule has 30 heavy (non-hydrogen) atoms. The monoisotopic (exact) mass is 419 g/mol. The molecule has 0 fully saturated rings. The van der Waals surface area contributed by atoms with E-state index in [1.54, 1.807) is 29.8 Å². The number of hydrogen-bond acceptors (Lipinski definition) is 3. The van der Waals surface area contributed by atoms with Crippen LogP contribution in [0.25, 0.3) is 0 Å². The van der Waals surface area contributed by atoms with E-state index in [0.29, 0.717) is 17.8 Å². The van der Waals surface area contributed by atoms with Gasteiger partial charge in [0, 0.05) is 22.6 Å². The van der Waals surface area contributed by atoms with Gasteiger partial charge in [-0.2, -0.15) is 13.2 Å². The summed E-state index contributed by atoms with van der Waals surface area (Å²) in [5.74, 6) is -0.511. The van der Waals surface area contributed by atoms with Crippen molar-refractivity contribution in [1.29, 1.82) is 0 Å². The zero-order valence-electron chi connectivity index (χ0n) is 16.3. The standard InChI is InChI=1S/C21H20F3N3O3/c1-13-9-18(14(2)27(13)11-17-7-4-8-30-17)20(29)26-16-6-3-5-15(10-16)19(28)25-12-21(22,23)24/h3-10H,11-12H2,1-2H3,(H,25,28)(H,26,29). The van der Waals surface area contributed by atoms with Gasteiger partial charge in [0.2, 0.25) is 0 Å². The summed E-state index contributed by atoms with van der Waals surface area (Å²) in [7, 11) is 0. The molecule has 0 bridgehead atoms. The van der Waals surface area contributed by atoms with Crippen LogP contribution in [0.2, 0.25) is 0 Å². The van der Waals surface area contributed by atoms with E-state index in [2.05, 4.69) is 5.32 Å². The summed E-state index contributed by atoms with van der Waals surface area (Å²) in [6.07, 6.45) is -2.92. The van der Waals surface area contributed by atoms with Crippen LogP contribution in [-0.2, 0) is 6.54 Å². The second-order valence-corrected chi connectivity index (χ2v) is 6.78. The normalized spacial score (nSPS) is 11.4. The lowest BCUT2D eigenvalue weighted by atomic mass is 10.1. The molecule has 0 aliphatic rings. The van der Waals surface area contributed by atoms with E-state index in [-0.39, 0.29) is 11.5 Å². The molecule has 0 aliphatic carbocycles. The molecule has 2 aromatic heterocycles. The molecular weight excluding hydrogens is 399 g/mol. The smallest absolute Gasteiger partial charge is 0.405 e. The Hall–Kier alpha value is -3.49. The third-order valence-electron chi connectivity index (χ3n) is 4.54. The summed E-state index contributed by atoms with van der Waals surface area (Å²) >= 11 is 0. The van der Waals surface area contributed by atoms with Crippen LogP contribution in [0.4, 0.5) is 18.9 Å². The van der Waals surface area contributed by atoms with Crippen molar-refractivity contribution in [2.24, 2.45) is 0 Å². The van der Waals surface area contributed by atoms with Crippen molar-refractivity contribution in [3.8, 4) is 0 Å². The molecule has 2 heterocycles. The molecule has 158 valence electrons. The first-order valence-corrected chi connectivity index (χ1v) is 9.09. The molecule has 2 amide bonds. The predicted molar refractivity (Wildman–Crippen MR) is 104 cm³/mol. The van der Waals surface area contributed by atoms with Crippen molar-refractivity contribution in [2.75, 3.05) is 11.9 Å². The molecule has 0 saturated carbocycles. The minimum atomic E-state index is -4.50. The fourth-order valence-corrected chi connectivity index (χ4v) is 3.05. The Morgan fingerprint density at radius 1 is 1.07 bits per heavy atom. The lowest BCUT2D eigenvalue weighted by Crippen LogP contribution is -2.33. The molecule has 0 radical (unpaired) electrons. The van der Waals surface area contributed by atoms with Gasteiger partial charge in [-0.25, -0.2) is 0 Å². The van der Waals surface area contributed by atoms with E-state index in [0.717, 1.165) is 17.1 Å². The number of hydrogen-bond donors (Lipinski definition) is 2. The number of benzene rings is 1. The minimum absolute atomic E-state index is 0.0142. The lowest BCUT2D eigenvalue weighted by Gasteiger charge is -2.10. The van der Waals surface area contributed by atoms with Crippen LogP contribution in [-0.4, -0.2) is 29.1 Å². The highest BCUT2D eigenvalue weighted by atomic mass is 19.4. The number of furan rings is 1. The highest BCUT2D eigenvalue weighted by Gasteiger charge is 2.28. The van der Waals surface area contributed by atoms with Gasteiger partial charge >= 0.3 is 6.18 Å². The van der Waals surface area contributed by atoms with Crippen molar-refractivity contribution in [3.63, 3.8) is 0 Å². The number of nitrogens with zero attached hydrogens (tertiary/aromatic N) is 1. The second-order valence-electron chi connectivity index (χ2n) is 6.78. The number of alkyl halides is 3. The Morgan fingerprint density at radius 2 is 1.83 bits per heavy atom. The molecule has 0 unspecified atom stereocenters. The minimum Gasteiger partial charge on any atom is -0.467 e. The topological polar surface area (TPSA) is 76.3 Å². The summed E-state index contributed by atoms with van der Waals surface area (Å²) in [5.41, 5.74) is 2.37. The number of carbonyl (C=O) groups excluding carboxylic acids is 2. The zero-order chi connectivity index (χ0) is 21.9. The molecule has 3 rings (SSSR count). The summed E-state index contributed by atoms with van der Waals surface area (Å²) in [6.45, 7) is 2.74. The number of aromatic nitrogens is 1. The Morgan fingerprint density at radius 3 is 2.50 bits per heavy atom. The van der Waals surface area contributed by atoms with Crippen LogP contribution in [0.1, 0.15) is 37.9 Å². The van der Waals surface area contributed by atoms with E-state index in [4.69, 9.17) is 4.42 Å².